The monoisotopic (exact) mass is 346 g/mol. The summed E-state index contributed by atoms with van der Waals surface area (Å²) in [6, 6.07) is 11.6. The fraction of sp³-hybridized carbons (Fsp3) is 0. The number of fused-ring (bicyclic) bond motifs is 1. The maximum Gasteiger partial charge on any atom is 0.156 e. The molecule has 2 aromatic heterocycles. The van der Waals surface area contributed by atoms with Crippen molar-refractivity contribution in [3.63, 3.8) is 0 Å². The van der Waals surface area contributed by atoms with E-state index in [9.17, 15) is 4.39 Å². The van der Waals surface area contributed by atoms with Crippen LogP contribution in [0.15, 0.2) is 42.5 Å². The normalized spacial score (nSPS) is 11.3. The predicted octanol–water partition coefficient (Wildman–Crippen LogP) is 5.07. The highest BCUT2D eigenvalue weighted by Gasteiger charge is 2.11. The minimum absolute atomic E-state index is 0.311. The molecule has 7 heteroatoms. The van der Waals surface area contributed by atoms with Gasteiger partial charge in [-0.25, -0.2) is 9.37 Å². The number of nitrogens with zero attached hydrogens (tertiary/aromatic N) is 2. The van der Waals surface area contributed by atoms with Gasteiger partial charge < -0.3 is 4.98 Å². The molecule has 0 aliphatic heterocycles. The van der Waals surface area contributed by atoms with E-state index in [4.69, 9.17) is 23.2 Å². The predicted molar refractivity (Wildman–Crippen MR) is 89.1 cm³/mol. The molecule has 0 saturated heterocycles. The molecule has 23 heavy (non-hydrogen) atoms. The fourth-order valence-electron chi connectivity index (χ4n) is 2.36. The number of H-pyrrole nitrogens is 2. The van der Waals surface area contributed by atoms with Crippen molar-refractivity contribution in [1.29, 1.82) is 0 Å². The molecule has 114 valence electrons. The van der Waals surface area contributed by atoms with Crippen LogP contribution in [0.25, 0.3) is 33.8 Å². The van der Waals surface area contributed by atoms with E-state index in [0.717, 1.165) is 5.56 Å². The molecule has 2 aromatic carbocycles. The first-order valence-corrected chi connectivity index (χ1v) is 7.52. The van der Waals surface area contributed by atoms with Crippen molar-refractivity contribution in [2.75, 3.05) is 0 Å². The number of benzene rings is 2. The van der Waals surface area contributed by atoms with Crippen molar-refractivity contribution >= 4 is 34.2 Å². The second-order valence-electron chi connectivity index (χ2n) is 5.04. The topological polar surface area (TPSA) is 57.4 Å². The van der Waals surface area contributed by atoms with Gasteiger partial charge in [-0.05, 0) is 36.4 Å². The molecular weight excluding hydrogens is 338 g/mol. The number of hydrogen-bond donors (Lipinski definition) is 2. The summed E-state index contributed by atoms with van der Waals surface area (Å²) in [7, 11) is 0. The highest BCUT2D eigenvalue weighted by atomic mass is 35.5. The second-order valence-corrected chi connectivity index (χ2v) is 5.86. The first kappa shape index (κ1) is 14.2. The van der Waals surface area contributed by atoms with Crippen molar-refractivity contribution < 1.29 is 4.39 Å². The lowest BCUT2D eigenvalue weighted by molar-refractivity contribution is 0.629. The van der Waals surface area contributed by atoms with E-state index in [2.05, 4.69) is 20.2 Å². The lowest BCUT2D eigenvalue weighted by atomic mass is 10.1. The first-order chi connectivity index (χ1) is 11.1. The van der Waals surface area contributed by atoms with Crippen LogP contribution in [0.1, 0.15) is 0 Å². The zero-order chi connectivity index (χ0) is 16.0. The minimum atomic E-state index is -0.311. The summed E-state index contributed by atoms with van der Waals surface area (Å²) in [5, 5.41) is 8.13. The second kappa shape index (κ2) is 5.37. The largest absolute Gasteiger partial charge is 0.337 e. The molecule has 0 fully saturated rings. The van der Waals surface area contributed by atoms with Crippen LogP contribution >= 0.6 is 23.2 Å². The summed E-state index contributed by atoms with van der Waals surface area (Å²) in [5.74, 6) is 0.276. The average Bonchev–Trinajstić information content (AvgIpc) is 3.15. The number of nitrogens with one attached hydrogen (secondary N) is 2. The lowest BCUT2D eigenvalue weighted by Gasteiger charge is -1.98. The third-order valence-electron chi connectivity index (χ3n) is 3.49. The van der Waals surface area contributed by atoms with Crippen molar-refractivity contribution in [1.82, 2.24) is 20.2 Å². The fourth-order valence-corrected chi connectivity index (χ4v) is 2.65. The highest BCUT2D eigenvalue weighted by molar-refractivity contribution is 6.42. The van der Waals surface area contributed by atoms with Crippen LogP contribution in [-0.4, -0.2) is 20.2 Å². The summed E-state index contributed by atoms with van der Waals surface area (Å²) >= 11 is 12.0. The Bertz CT molecular complexity index is 1020. The van der Waals surface area contributed by atoms with Gasteiger partial charge in [0.1, 0.15) is 11.5 Å². The highest BCUT2D eigenvalue weighted by Crippen LogP contribution is 2.29. The van der Waals surface area contributed by atoms with Crippen LogP contribution in [0.4, 0.5) is 4.39 Å². The molecule has 0 unspecified atom stereocenters. The molecule has 2 N–H and O–H groups in total. The first-order valence-electron chi connectivity index (χ1n) is 6.76. The van der Waals surface area contributed by atoms with E-state index in [1.165, 1.54) is 12.1 Å². The van der Waals surface area contributed by atoms with Crippen molar-refractivity contribution in [3.05, 3.63) is 58.3 Å². The van der Waals surface area contributed by atoms with Gasteiger partial charge in [-0.3, -0.25) is 5.10 Å². The molecule has 0 bridgehead atoms. The number of rotatable bonds is 2. The Morgan fingerprint density at radius 2 is 1.83 bits per heavy atom. The maximum absolute atomic E-state index is 13.3. The summed E-state index contributed by atoms with van der Waals surface area (Å²) < 4.78 is 13.3. The molecule has 0 saturated carbocycles. The third kappa shape index (κ3) is 2.58. The molecule has 0 spiro atoms. The van der Waals surface area contributed by atoms with E-state index >= 15 is 0 Å². The molecule has 0 amide bonds. The smallest absolute Gasteiger partial charge is 0.156 e. The van der Waals surface area contributed by atoms with Crippen molar-refractivity contribution in [3.8, 4) is 22.8 Å². The van der Waals surface area contributed by atoms with Gasteiger partial charge in [0.25, 0.3) is 0 Å². The molecule has 0 atom stereocenters. The van der Waals surface area contributed by atoms with Gasteiger partial charge in [0.2, 0.25) is 0 Å². The van der Waals surface area contributed by atoms with Crippen molar-refractivity contribution in [2.24, 2.45) is 0 Å². The summed E-state index contributed by atoms with van der Waals surface area (Å²) in [6.45, 7) is 0. The Morgan fingerprint density at radius 3 is 2.65 bits per heavy atom. The number of halogens is 3. The standard InChI is InChI=1S/C16H9Cl2FN4/c17-10-3-1-8(5-11(10)18)13-7-15(23-22-13)16-20-12-4-2-9(19)6-14(12)21-16/h1-7H,(H,20,21)(H,22,23). The zero-order valence-electron chi connectivity index (χ0n) is 11.6. The molecule has 4 rings (SSSR count). The summed E-state index contributed by atoms with van der Waals surface area (Å²) in [6.07, 6.45) is 0. The van der Waals surface area contributed by atoms with Gasteiger partial charge in [0.15, 0.2) is 5.82 Å². The lowest BCUT2D eigenvalue weighted by Crippen LogP contribution is -1.79. The molecule has 0 radical (unpaired) electrons. The van der Waals surface area contributed by atoms with Gasteiger partial charge in [-0.2, -0.15) is 5.10 Å². The van der Waals surface area contributed by atoms with Crippen LogP contribution in [0.5, 0.6) is 0 Å². The quantitative estimate of drug-likeness (QED) is 0.532. The van der Waals surface area contributed by atoms with E-state index in [1.807, 2.05) is 12.1 Å². The Balaban J connectivity index is 1.75. The molecule has 2 heterocycles. The van der Waals surface area contributed by atoms with Crippen LogP contribution in [0.3, 0.4) is 0 Å². The van der Waals surface area contributed by atoms with Crippen LogP contribution in [0.2, 0.25) is 10.0 Å². The SMILES string of the molecule is Fc1ccc2nc(-c3cc(-c4ccc(Cl)c(Cl)c4)n[nH]3)[nH]c2c1. The Morgan fingerprint density at radius 1 is 0.957 bits per heavy atom. The van der Waals surface area contributed by atoms with E-state index in [1.54, 1.807) is 18.2 Å². The van der Waals surface area contributed by atoms with Gasteiger partial charge >= 0.3 is 0 Å². The van der Waals surface area contributed by atoms with Crippen LogP contribution in [0, 0.1) is 5.82 Å². The summed E-state index contributed by atoms with van der Waals surface area (Å²) in [5.41, 5.74) is 3.56. The number of hydrogen-bond acceptors (Lipinski definition) is 2. The Labute approximate surface area is 140 Å². The summed E-state index contributed by atoms with van der Waals surface area (Å²) in [4.78, 5) is 7.49. The number of aromatic nitrogens is 4. The van der Waals surface area contributed by atoms with Crippen LogP contribution in [-0.2, 0) is 0 Å². The average molecular weight is 347 g/mol. The Kier molecular flexibility index (Phi) is 3.32. The van der Waals surface area contributed by atoms with E-state index in [-0.39, 0.29) is 5.82 Å². The number of aromatic amines is 2. The molecule has 0 aliphatic rings. The van der Waals surface area contributed by atoms with E-state index < -0.39 is 0 Å². The van der Waals surface area contributed by atoms with Gasteiger partial charge in [-0.1, -0.05) is 29.3 Å². The zero-order valence-corrected chi connectivity index (χ0v) is 13.1. The molecule has 4 aromatic rings. The Hall–Kier alpha value is -2.37. The minimum Gasteiger partial charge on any atom is -0.337 e. The maximum atomic E-state index is 13.3. The van der Waals surface area contributed by atoms with Gasteiger partial charge in [-0.15, -0.1) is 0 Å². The van der Waals surface area contributed by atoms with Gasteiger partial charge in [0, 0.05) is 5.56 Å². The van der Waals surface area contributed by atoms with Crippen molar-refractivity contribution in [2.45, 2.75) is 0 Å². The van der Waals surface area contributed by atoms with E-state index in [0.29, 0.717) is 38.3 Å². The molecule has 0 aliphatic carbocycles. The molecule has 4 nitrogen and oxygen atoms in total. The molecular formula is C16H9Cl2FN4. The van der Waals surface area contributed by atoms with Crippen LogP contribution < -0.4 is 0 Å². The third-order valence-corrected chi connectivity index (χ3v) is 4.23. The number of imidazole rings is 1. The van der Waals surface area contributed by atoms with Gasteiger partial charge in [0.05, 0.1) is 26.8 Å².